The topological polar surface area (TPSA) is 38.7 Å². The van der Waals surface area contributed by atoms with Gasteiger partial charge in [0.1, 0.15) is 5.75 Å². The Morgan fingerprint density at radius 2 is 2.12 bits per heavy atom. The fraction of sp³-hybridized carbons (Fsp3) is 0.538. The van der Waals surface area contributed by atoms with Crippen molar-refractivity contribution in [2.45, 2.75) is 39.6 Å². The highest BCUT2D eigenvalue weighted by Crippen LogP contribution is 2.35. The van der Waals surface area contributed by atoms with Gasteiger partial charge >= 0.3 is 0 Å². The summed E-state index contributed by atoms with van der Waals surface area (Å²) in [5.41, 5.74) is 3.31. The van der Waals surface area contributed by atoms with Crippen molar-refractivity contribution in [3.8, 4) is 5.75 Å². The predicted octanol–water partition coefficient (Wildman–Crippen LogP) is 2.17. The number of aliphatic hydroxyl groups is 1. The fourth-order valence-electron chi connectivity index (χ4n) is 2.00. The molecule has 3 nitrogen and oxygen atoms in total. The summed E-state index contributed by atoms with van der Waals surface area (Å²) in [6.45, 7) is 6.56. The Balaban J connectivity index is 2.43. The van der Waals surface area contributed by atoms with E-state index in [0.717, 1.165) is 16.9 Å². The van der Waals surface area contributed by atoms with E-state index >= 15 is 0 Å². The smallest absolute Gasteiger partial charge is 0.205 e. The molecule has 1 aromatic carbocycles. The number of hydrogen-bond donors (Lipinski definition) is 1. The minimum absolute atomic E-state index is 0.139. The van der Waals surface area contributed by atoms with Crippen LogP contribution in [0.4, 0.5) is 0 Å². The lowest BCUT2D eigenvalue weighted by molar-refractivity contribution is -0.180. The lowest BCUT2D eigenvalue weighted by Crippen LogP contribution is -2.36. The van der Waals surface area contributed by atoms with Gasteiger partial charge in [0.15, 0.2) is 0 Å². The van der Waals surface area contributed by atoms with Crippen molar-refractivity contribution in [2.24, 2.45) is 0 Å². The molecule has 0 spiro atoms. The molecule has 1 aliphatic heterocycles. The maximum Gasteiger partial charge on any atom is 0.205 e. The van der Waals surface area contributed by atoms with Gasteiger partial charge in [-0.05, 0) is 18.9 Å². The van der Waals surface area contributed by atoms with Crippen molar-refractivity contribution in [1.82, 2.24) is 0 Å². The standard InChI is InChI=1S/C13H18O3/c1-9-6-10(4-5-14)12-11(7-9)8-15-13(2,3)16-12/h6-7,14H,4-5,8H2,1-3H3. The number of fused-ring (bicyclic) bond motifs is 1. The van der Waals surface area contributed by atoms with Gasteiger partial charge in [-0.25, -0.2) is 0 Å². The monoisotopic (exact) mass is 222 g/mol. The minimum atomic E-state index is -0.577. The molecule has 0 radical (unpaired) electrons. The van der Waals surface area contributed by atoms with Gasteiger partial charge in [-0.3, -0.25) is 0 Å². The summed E-state index contributed by atoms with van der Waals surface area (Å²) in [7, 11) is 0. The molecule has 0 saturated heterocycles. The Bertz CT molecular complexity index is 396. The summed E-state index contributed by atoms with van der Waals surface area (Å²) in [6.07, 6.45) is 0.625. The molecule has 0 atom stereocenters. The third kappa shape index (κ3) is 2.20. The van der Waals surface area contributed by atoms with Crippen molar-refractivity contribution >= 4 is 0 Å². The predicted molar refractivity (Wildman–Crippen MR) is 61.5 cm³/mol. The molecular formula is C13H18O3. The van der Waals surface area contributed by atoms with E-state index in [1.807, 2.05) is 20.8 Å². The molecule has 88 valence electrons. The SMILES string of the molecule is Cc1cc(CCO)c2c(c1)COC(C)(C)O2. The first-order valence-electron chi connectivity index (χ1n) is 5.58. The van der Waals surface area contributed by atoms with E-state index in [1.54, 1.807) is 0 Å². The van der Waals surface area contributed by atoms with Crippen LogP contribution in [-0.4, -0.2) is 17.5 Å². The molecule has 16 heavy (non-hydrogen) atoms. The van der Waals surface area contributed by atoms with Crippen LogP contribution in [0, 0.1) is 6.92 Å². The van der Waals surface area contributed by atoms with E-state index in [4.69, 9.17) is 14.6 Å². The number of aryl methyl sites for hydroxylation is 1. The zero-order valence-corrected chi connectivity index (χ0v) is 10.0. The van der Waals surface area contributed by atoms with E-state index in [-0.39, 0.29) is 6.61 Å². The summed E-state index contributed by atoms with van der Waals surface area (Å²) in [6, 6.07) is 4.14. The Morgan fingerprint density at radius 3 is 2.81 bits per heavy atom. The Morgan fingerprint density at radius 1 is 1.38 bits per heavy atom. The Hall–Kier alpha value is -1.06. The third-order valence-corrected chi connectivity index (χ3v) is 2.69. The fourth-order valence-corrected chi connectivity index (χ4v) is 2.00. The molecule has 0 bridgehead atoms. The molecule has 0 aromatic heterocycles. The molecule has 0 fully saturated rings. The molecule has 3 heteroatoms. The van der Waals surface area contributed by atoms with E-state index in [0.29, 0.717) is 13.0 Å². The molecule has 0 aliphatic carbocycles. The number of hydrogen-bond acceptors (Lipinski definition) is 3. The van der Waals surface area contributed by atoms with E-state index in [2.05, 4.69) is 12.1 Å². The van der Waals surface area contributed by atoms with Crippen LogP contribution in [-0.2, 0) is 17.8 Å². The summed E-state index contributed by atoms with van der Waals surface area (Å²) >= 11 is 0. The molecule has 0 amide bonds. The van der Waals surface area contributed by atoms with Gasteiger partial charge in [0, 0.05) is 26.0 Å². The number of ether oxygens (including phenoxy) is 2. The van der Waals surface area contributed by atoms with Crippen LogP contribution >= 0.6 is 0 Å². The van der Waals surface area contributed by atoms with E-state index in [1.165, 1.54) is 5.56 Å². The highest BCUT2D eigenvalue weighted by atomic mass is 16.7. The molecular weight excluding hydrogens is 204 g/mol. The highest BCUT2D eigenvalue weighted by Gasteiger charge is 2.28. The number of benzene rings is 1. The third-order valence-electron chi connectivity index (χ3n) is 2.69. The lowest BCUT2D eigenvalue weighted by Gasteiger charge is -2.34. The van der Waals surface area contributed by atoms with Crippen LogP contribution < -0.4 is 4.74 Å². The zero-order valence-electron chi connectivity index (χ0n) is 10.0. The second-order valence-corrected chi connectivity index (χ2v) is 4.68. The van der Waals surface area contributed by atoms with Crippen LogP contribution in [0.1, 0.15) is 30.5 Å². The second-order valence-electron chi connectivity index (χ2n) is 4.68. The molecule has 1 heterocycles. The molecule has 1 aliphatic rings. The minimum Gasteiger partial charge on any atom is -0.462 e. The van der Waals surface area contributed by atoms with Crippen molar-refractivity contribution in [3.63, 3.8) is 0 Å². The van der Waals surface area contributed by atoms with E-state index < -0.39 is 5.79 Å². The van der Waals surface area contributed by atoms with Crippen LogP contribution in [0.3, 0.4) is 0 Å². The van der Waals surface area contributed by atoms with Crippen LogP contribution in [0.15, 0.2) is 12.1 Å². The second kappa shape index (κ2) is 4.07. The van der Waals surface area contributed by atoms with Crippen molar-refractivity contribution in [3.05, 3.63) is 28.8 Å². The molecule has 0 saturated carbocycles. The lowest BCUT2D eigenvalue weighted by atomic mass is 10.0. The first-order valence-corrected chi connectivity index (χ1v) is 5.58. The van der Waals surface area contributed by atoms with Gasteiger partial charge in [0.05, 0.1) is 6.61 Å². The first-order chi connectivity index (χ1) is 7.52. The van der Waals surface area contributed by atoms with Gasteiger partial charge in [-0.15, -0.1) is 0 Å². The van der Waals surface area contributed by atoms with E-state index in [9.17, 15) is 0 Å². The first kappa shape index (κ1) is 11.4. The van der Waals surface area contributed by atoms with Crippen molar-refractivity contribution < 1.29 is 14.6 Å². The number of rotatable bonds is 2. The van der Waals surface area contributed by atoms with Crippen LogP contribution in [0.25, 0.3) is 0 Å². The normalized spacial score (nSPS) is 17.8. The van der Waals surface area contributed by atoms with Crippen LogP contribution in [0.2, 0.25) is 0 Å². The van der Waals surface area contributed by atoms with Gasteiger partial charge in [0.25, 0.3) is 0 Å². The summed E-state index contributed by atoms with van der Waals surface area (Å²) in [4.78, 5) is 0. The number of aliphatic hydroxyl groups excluding tert-OH is 1. The van der Waals surface area contributed by atoms with Gasteiger partial charge < -0.3 is 14.6 Å². The zero-order chi connectivity index (χ0) is 11.8. The Labute approximate surface area is 96.0 Å². The average molecular weight is 222 g/mol. The van der Waals surface area contributed by atoms with Crippen molar-refractivity contribution in [1.29, 1.82) is 0 Å². The summed E-state index contributed by atoms with van der Waals surface area (Å²) in [5, 5.41) is 9.06. The quantitative estimate of drug-likeness (QED) is 0.833. The molecule has 1 N–H and O–H groups in total. The van der Waals surface area contributed by atoms with Crippen LogP contribution in [0.5, 0.6) is 5.75 Å². The average Bonchev–Trinajstić information content (AvgIpc) is 2.19. The molecule has 1 aromatic rings. The maximum absolute atomic E-state index is 9.06. The summed E-state index contributed by atoms with van der Waals surface area (Å²) < 4.78 is 11.4. The molecule has 0 unspecified atom stereocenters. The van der Waals surface area contributed by atoms with Crippen molar-refractivity contribution in [2.75, 3.05) is 6.61 Å². The van der Waals surface area contributed by atoms with Gasteiger partial charge in [0.2, 0.25) is 5.79 Å². The Kier molecular flexibility index (Phi) is 2.91. The molecule has 2 rings (SSSR count). The largest absolute Gasteiger partial charge is 0.462 e. The summed E-state index contributed by atoms with van der Waals surface area (Å²) in [5.74, 6) is 0.308. The maximum atomic E-state index is 9.06. The van der Waals surface area contributed by atoms with Gasteiger partial charge in [-0.1, -0.05) is 17.7 Å². The highest BCUT2D eigenvalue weighted by molar-refractivity contribution is 5.45. The van der Waals surface area contributed by atoms with Gasteiger partial charge in [-0.2, -0.15) is 0 Å².